The van der Waals surface area contributed by atoms with Crippen LogP contribution in [0.4, 0.5) is 0 Å². The zero-order valence-electron chi connectivity index (χ0n) is 11.3. The third-order valence-electron chi connectivity index (χ3n) is 4.20. The molecular weight excluding hydrogens is 216 g/mol. The molecule has 1 amide bonds. The van der Waals surface area contributed by atoms with Crippen molar-refractivity contribution < 1.29 is 9.90 Å². The molecule has 0 atom stereocenters. The quantitative estimate of drug-likeness (QED) is 0.756. The monoisotopic (exact) mass is 242 g/mol. The molecule has 0 saturated heterocycles. The van der Waals surface area contributed by atoms with Crippen LogP contribution < -0.4 is 5.32 Å². The van der Waals surface area contributed by atoms with Crippen LogP contribution in [0.2, 0.25) is 0 Å². The lowest BCUT2D eigenvalue weighted by Crippen LogP contribution is -2.50. The second-order valence-corrected chi connectivity index (χ2v) is 4.97. The van der Waals surface area contributed by atoms with Crippen molar-refractivity contribution in [3.63, 3.8) is 0 Å². The van der Waals surface area contributed by atoms with Crippen molar-refractivity contribution in [3.05, 3.63) is 0 Å². The SMILES string of the molecule is CCN(CC)C(=O)C1CCC(CO)(NC)CC1. The van der Waals surface area contributed by atoms with Gasteiger partial charge in [0, 0.05) is 24.5 Å². The van der Waals surface area contributed by atoms with Gasteiger partial charge in [0.2, 0.25) is 5.91 Å². The molecule has 0 aromatic heterocycles. The van der Waals surface area contributed by atoms with Gasteiger partial charge in [-0.3, -0.25) is 4.79 Å². The number of rotatable bonds is 5. The van der Waals surface area contributed by atoms with Gasteiger partial charge in [-0.05, 0) is 46.6 Å². The van der Waals surface area contributed by atoms with Crippen LogP contribution in [-0.2, 0) is 4.79 Å². The highest BCUT2D eigenvalue weighted by molar-refractivity contribution is 5.78. The standard InChI is InChI=1S/C13H26N2O2/c1-4-15(5-2)12(17)11-6-8-13(10-16,14-3)9-7-11/h11,14,16H,4-10H2,1-3H3. The van der Waals surface area contributed by atoms with Crippen molar-refractivity contribution in [3.8, 4) is 0 Å². The fraction of sp³-hybridized carbons (Fsp3) is 0.923. The van der Waals surface area contributed by atoms with E-state index in [2.05, 4.69) is 5.32 Å². The lowest BCUT2D eigenvalue weighted by atomic mass is 9.76. The molecule has 0 radical (unpaired) electrons. The molecular formula is C13H26N2O2. The van der Waals surface area contributed by atoms with Gasteiger partial charge in [0.1, 0.15) is 0 Å². The van der Waals surface area contributed by atoms with Gasteiger partial charge in [0.25, 0.3) is 0 Å². The zero-order chi connectivity index (χ0) is 12.9. The number of nitrogens with zero attached hydrogens (tertiary/aromatic N) is 1. The Labute approximate surface area is 104 Å². The summed E-state index contributed by atoms with van der Waals surface area (Å²) < 4.78 is 0. The van der Waals surface area contributed by atoms with Crippen molar-refractivity contribution >= 4 is 5.91 Å². The van der Waals surface area contributed by atoms with Crippen LogP contribution in [0.5, 0.6) is 0 Å². The normalized spacial score (nSPS) is 29.1. The van der Waals surface area contributed by atoms with E-state index in [1.807, 2.05) is 25.8 Å². The highest BCUT2D eigenvalue weighted by atomic mass is 16.3. The molecule has 1 saturated carbocycles. The first-order valence-corrected chi connectivity index (χ1v) is 6.71. The number of amides is 1. The average Bonchev–Trinajstić information content (AvgIpc) is 2.40. The van der Waals surface area contributed by atoms with E-state index in [1.165, 1.54) is 0 Å². The molecule has 1 rings (SSSR count). The van der Waals surface area contributed by atoms with Gasteiger partial charge in [0.15, 0.2) is 0 Å². The molecule has 17 heavy (non-hydrogen) atoms. The van der Waals surface area contributed by atoms with Crippen LogP contribution in [0.15, 0.2) is 0 Å². The average molecular weight is 242 g/mol. The number of aliphatic hydroxyl groups is 1. The summed E-state index contributed by atoms with van der Waals surface area (Å²) in [7, 11) is 1.89. The van der Waals surface area contributed by atoms with Gasteiger partial charge in [-0.25, -0.2) is 0 Å². The minimum atomic E-state index is -0.153. The minimum absolute atomic E-state index is 0.153. The number of hydrogen-bond donors (Lipinski definition) is 2. The molecule has 0 heterocycles. The van der Waals surface area contributed by atoms with Crippen LogP contribution in [0, 0.1) is 5.92 Å². The van der Waals surface area contributed by atoms with Gasteiger partial charge in [-0.1, -0.05) is 0 Å². The van der Waals surface area contributed by atoms with Gasteiger partial charge < -0.3 is 15.3 Å². The summed E-state index contributed by atoms with van der Waals surface area (Å²) in [5.74, 6) is 0.445. The molecule has 0 aliphatic heterocycles. The van der Waals surface area contributed by atoms with Crippen molar-refractivity contribution in [1.29, 1.82) is 0 Å². The van der Waals surface area contributed by atoms with E-state index >= 15 is 0 Å². The molecule has 0 aromatic carbocycles. The van der Waals surface area contributed by atoms with Crippen molar-refractivity contribution in [2.45, 2.75) is 45.1 Å². The van der Waals surface area contributed by atoms with E-state index in [0.717, 1.165) is 38.8 Å². The summed E-state index contributed by atoms with van der Waals surface area (Å²) >= 11 is 0. The summed E-state index contributed by atoms with van der Waals surface area (Å²) in [6.45, 7) is 5.80. The Bertz CT molecular complexity index is 238. The van der Waals surface area contributed by atoms with Crippen LogP contribution in [-0.4, -0.2) is 48.2 Å². The highest BCUT2D eigenvalue weighted by Gasteiger charge is 2.36. The van der Waals surface area contributed by atoms with E-state index in [-0.39, 0.29) is 24.0 Å². The lowest BCUT2D eigenvalue weighted by molar-refractivity contribution is -0.136. The molecule has 4 nitrogen and oxygen atoms in total. The number of hydrogen-bond acceptors (Lipinski definition) is 3. The Morgan fingerprint density at radius 1 is 1.35 bits per heavy atom. The van der Waals surface area contributed by atoms with Crippen LogP contribution in [0.25, 0.3) is 0 Å². The molecule has 0 bridgehead atoms. The largest absolute Gasteiger partial charge is 0.394 e. The Morgan fingerprint density at radius 3 is 2.24 bits per heavy atom. The van der Waals surface area contributed by atoms with Crippen molar-refractivity contribution in [1.82, 2.24) is 10.2 Å². The number of likely N-dealkylation sites (N-methyl/N-ethyl adjacent to an activating group) is 1. The molecule has 2 N–H and O–H groups in total. The maximum atomic E-state index is 12.2. The second-order valence-electron chi connectivity index (χ2n) is 4.97. The fourth-order valence-electron chi connectivity index (χ4n) is 2.70. The Kier molecular flexibility index (Phi) is 5.40. The molecule has 1 aliphatic carbocycles. The zero-order valence-corrected chi connectivity index (χ0v) is 11.3. The number of aliphatic hydroxyl groups excluding tert-OH is 1. The Balaban J connectivity index is 2.54. The van der Waals surface area contributed by atoms with E-state index in [1.54, 1.807) is 0 Å². The van der Waals surface area contributed by atoms with E-state index in [0.29, 0.717) is 0 Å². The first-order chi connectivity index (χ1) is 8.12. The van der Waals surface area contributed by atoms with Gasteiger partial charge in [-0.2, -0.15) is 0 Å². The van der Waals surface area contributed by atoms with E-state index in [9.17, 15) is 9.90 Å². The summed E-state index contributed by atoms with van der Waals surface area (Å²) in [5.41, 5.74) is -0.153. The molecule has 0 spiro atoms. The lowest BCUT2D eigenvalue weighted by Gasteiger charge is -2.39. The highest BCUT2D eigenvalue weighted by Crippen LogP contribution is 2.32. The molecule has 1 aliphatic rings. The molecule has 0 aromatic rings. The van der Waals surface area contributed by atoms with Gasteiger partial charge in [0.05, 0.1) is 6.61 Å². The second kappa shape index (κ2) is 6.36. The van der Waals surface area contributed by atoms with Crippen LogP contribution in [0.3, 0.4) is 0 Å². The predicted molar refractivity (Wildman–Crippen MR) is 68.8 cm³/mol. The first-order valence-electron chi connectivity index (χ1n) is 6.71. The third-order valence-corrected chi connectivity index (χ3v) is 4.20. The minimum Gasteiger partial charge on any atom is -0.394 e. The summed E-state index contributed by atoms with van der Waals surface area (Å²) in [4.78, 5) is 14.1. The number of carbonyl (C=O) groups excluding carboxylic acids is 1. The van der Waals surface area contributed by atoms with Crippen LogP contribution >= 0.6 is 0 Å². The topological polar surface area (TPSA) is 52.6 Å². The summed E-state index contributed by atoms with van der Waals surface area (Å²) in [6.07, 6.45) is 3.54. The van der Waals surface area contributed by atoms with Gasteiger partial charge >= 0.3 is 0 Å². The van der Waals surface area contributed by atoms with E-state index in [4.69, 9.17) is 0 Å². The fourth-order valence-corrected chi connectivity index (χ4v) is 2.70. The molecule has 4 heteroatoms. The molecule has 1 fully saturated rings. The number of carbonyl (C=O) groups is 1. The Morgan fingerprint density at radius 2 is 1.88 bits per heavy atom. The number of nitrogens with one attached hydrogen (secondary N) is 1. The third kappa shape index (κ3) is 3.19. The van der Waals surface area contributed by atoms with Crippen LogP contribution in [0.1, 0.15) is 39.5 Å². The van der Waals surface area contributed by atoms with Crippen molar-refractivity contribution in [2.24, 2.45) is 5.92 Å². The summed E-state index contributed by atoms with van der Waals surface area (Å²) in [6, 6.07) is 0. The predicted octanol–water partition coefficient (Wildman–Crippen LogP) is 0.995. The maximum Gasteiger partial charge on any atom is 0.225 e. The maximum absolute atomic E-state index is 12.2. The summed E-state index contributed by atoms with van der Waals surface area (Å²) in [5, 5.41) is 12.6. The smallest absolute Gasteiger partial charge is 0.225 e. The Hall–Kier alpha value is -0.610. The molecule has 0 unspecified atom stereocenters. The molecule has 100 valence electrons. The van der Waals surface area contributed by atoms with Gasteiger partial charge in [-0.15, -0.1) is 0 Å². The first kappa shape index (κ1) is 14.5. The van der Waals surface area contributed by atoms with E-state index < -0.39 is 0 Å². The van der Waals surface area contributed by atoms with Crippen molar-refractivity contribution in [2.75, 3.05) is 26.7 Å².